The Hall–Kier alpha value is -3.35. The molecule has 0 radical (unpaired) electrons. The van der Waals surface area contributed by atoms with Crippen molar-refractivity contribution in [1.82, 2.24) is 9.47 Å². The predicted molar refractivity (Wildman–Crippen MR) is 109 cm³/mol. The summed E-state index contributed by atoms with van der Waals surface area (Å²) in [5, 5.41) is 0.874. The van der Waals surface area contributed by atoms with Crippen LogP contribution in [0.15, 0.2) is 47.4 Å². The van der Waals surface area contributed by atoms with Gasteiger partial charge in [-0.05, 0) is 36.8 Å². The summed E-state index contributed by atoms with van der Waals surface area (Å²) in [6.45, 7) is 2.56. The van der Waals surface area contributed by atoms with Crippen LogP contribution in [0.2, 0.25) is 0 Å². The van der Waals surface area contributed by atoms with Crippen molar-refractivity contribution in [3.63, 3.8) is 0 Å². The van der Waals surface area contributed by atoms with Crippen LogP contribution >= 0.6 is 0 Å². The summed E-state index contributed by atoms with van der Waals surface area (Å²) in [6, 6.07) is 9.24. The summed E-state index contributed by atoms with van der Waals surface area (Å²) in [5.41, 5.74) is 0.975. The van der Waals surface area contributed by atoms with E-state index in [9.17, 15) is 14.0 Å². The molecular formula is C22H23FN2O4. The molecule has 0 bridgehead atoms. The number of amides is 1. The van der Waals surface area contributed by atoms with Crippen molar-refractivity contribution < 1.29 is 18.7 Å². The zero-order valence-electron chi connectivity index (χ0n) is 16.9. The van der Waals surface area contributed by atoms with Crippen molar-refractivity contribution in [3.05, 3.63) is 69.9 Å². The molecule has 1 amide bonds. The van der Waals surface area contributed by atoms with E-state index < -0.39 is 0 Å². The number of aryl methyl sites for hydroxylation is 1. The molecular weight excluding hydrogens is 375 g/mol. The molecule has 3 rings (SSSR count). The van der Waals surface area contributed by atoms with Crippen molar-refractivity contribution in [2.24, 2.45) is 0 Å². The van der Waals surface area contributed by atoms with Gasteiger partial charge in [0.1, 0.15) is 5.82 Å². The second-order valence-electron chi connectivity index (χ2n) is 6.67. The average Bonchev–Trinajstić information content (AvgIpc) is 2.74. The first-order valence-electron chi connectivity index (χ1n) is 9.18. The van der Waals surface area contributed by atoms with E-state index in [-0.39, 0.29) is 17.3 Å². The van der Waals surface area contributed by atoms with Gasteiger partial charge in [0, 0.05) is 31.7 Å². The van der Waals surface area contributed by atoms with Crippen LogP contribution in [0.1, 0.15) is 22.8 Å². The van der Waals surface area contributed by atoms with Crippen molar-refractivity contribution in [3.8, 4) is 11.5 Å². The van der Waals surface area contributed by atoms with Crippen molar-refractivity contribution in [2.75, 3.05) is 21.3 Å². The lowest BCUT2D eigenvalue weighted by Gasteiger charge is -2.20. The van der Waals surface area contributed by atoms with Gasteiger partial charge in [0.05, 0.1) is 25.2 Å². The molecule has 0 aliphatic carbocycles. The van der Waals surface area contributed by atoms with E-state index in [2.05, 4.69) is 0 Å². The van der Waals surface area contributed by atoms with Gasteiger partial charge < -0.3 is 18.9 Å². The predicted octanol–water partition coefficient (Wildman–Crippen LogP) is 3.45. The summed E-state index contributed by atoms with van der Waals surface area (Å²) < 4.78 is 25.3. The van der Waals surface area contributed by atoms with Crippen LogP contribution in [0.4, 0.5) is 4.39 Å². The molecule has 3 aromatic rings. The van der Waals surface area contributed by atoms with Gasteiger partial charge in [0.25, 0.3) is 11.5 Å². The molecule has 2 aromatic carbocycles. The molecule has 0 spiro atoms. The number of ether oxygens (including phenoxy) is 2. The SMILES string of the molecule is CCn1cc(C(=O)N(C)Cc2ccc(F)cc2)c2cc(OC)c(OC)cc2c1=O. The van der Waals surface area contributed by atoms with Crippen LogP contribution in [-0.4, -0.2) is 36.6 Å². The third-order valence-electron chi connectivity index (χ3n) is 4.84. The normalized spacial score (nSPS) is 10.8. The molecule has 0 unspecified atom stereocenters. The summed E-state index contributed by atoms with van der Waals surface area (Å²) in [7, 11) is 4.66. The van der Waals surface area contributed by atoms with Crippen molar-refractivity contribution >= 4 is 16.7 Å². The number of hydrogen-bond acceptors (Lipinski definition) is 4. The number of aromatic nitrogens is 1. The van der Waals surface area contributed by atoms with E-state index in [0.29, 0.717) is 40.9 Å². The van der Waals surface area contributed by atoms with Gasteiger partial charge >= 0.3 is 0 Å². The van der Waals surface area contributed by atoms with Crippen LogP contribution in [0.5, 0.6) is 11.5 Å². The van der Waals surface area contributed by atoms with Crippen molar-refractivity contribution in [1.29, 1.82) is 0 Å². The number of methoxy groups -OCH3 is 2. The first-order chi connectivity index (χ1) is 13.9. The molecule has 0 atom stereocenters. The summed E-state index contributed by atoms with van der Waals surface area (Å²) in [4.78, 5) is 27.6. The highest BCUT2D eigenvalue weighted by atomic mass is 19.1. The maximum Gasteiger partial charge on any atom is 0.258 e. The van der Waals surface area contributed by atoms with Gasteiger partial charge in [-0.15, -0.1) is 0 Å². The average molecular weight is 398 g/mol. The van der Waals surface area contributed by atoms with E-state index in [0.717, 1.165) is 5.56 Å². The topological polar surface area (TPSA) is 60.8 Å². The van der Waals surface area contributed by atoms with Crippen molar-refractivity contribution in [2.45, 2.75) is 20.0 Å². The maximum absolute atomic E-state index is 13.2. The van der Waals surface area contributed by atoms with Crippen LogP contribution in [-0.2, 0) is 13.1 Å². The van der Waals surface area contributed by atoms with E-state index in [1.54, 1.807) is 37.5 Å². The van der Waals surface area contributed by atoms with Gasteiger partial charge in [0.15, 0.2) is 11.5 Å². The zero-order valence-corrected chi connectivity index (χ0v) is 16.9. The summed E-state index contributed by atoms with van der Waals surface area (Å²) in [5.74, 6) is 0.270. The molecule has 0 saturated heterocycles. The largest absolute Gasteiger partial charge is 0.493 e. The number of pyridine rings is 1. The number of halogens is 1. The van der Waals surface area contributed by atoms with E-state index in [1.807, 2.05) is 6.92 Å². The highest BCUT2D eigenvalue weighted by molar-refractivity contribution is 6.07. The Kier molecular flexibility index (Phi) is 5.87. The Morgan fingerprint density at radius 3 is 2.21 bits per heavy atom. The van der Waals surface area contributed by atoms with Crippen LogP contribution in [0.3, 0.4) is 0 Å². The fourth-order valence-corrected chi connectivity index (χ4v) is 3.26. The number of fused-ring (bicyclic) bond motifs is 1. The molecule has 0 aliphatic heterocycles. The molecule has 0 saturated carbocycles. The number of nitrogens with zero attached hydrogens (tertiary/aromatic N) is 2. The van der Waals surface area contributed by atoms with Crippen LogP contribution in [0, 0.1) is 5.82 Å². The van der Waals surface area contributed by atoms with Gasteiger partial charge in [-0.2, -0.15) is 0 Å². The minimum absolute atomic E-state index is 0.207. The smallest absolute Gasteiger partial charge is 0.258 e. The van der Waals surface area contributed by atoms with Gasteiger partial charge in [-0.1, -0.05) is 12.1 Å². The van der Waals surface area contributed by atoms with Gasteiger partial charge in [-0.3, -0.25) is 9.59 Å². The highest BCUT2D eigenvalue weighted by Gasteiger charge is 2.20. The molecule has 0 N–H and O–H groups in total. The quantitative estimate of drug-likeness (QED) is 0.638. The standard InChI is InChI=1S/C22H23FN2O4/c1-5-25-13-18(21(26)24(2)12-14-6-8-15(23)9-7-14)16-10-19(28-3)20(29-4)11-17(16)22(25)27/h6-11,13H,5,12H2,1-4H3. The Bertz CT molecular complexity index is 1110. The monoisotopic (exact) mass is 398 g/mol. The molecule has 1 aromatic heterocycles. The van der Waals surface area contributed by atoms with E-state index >= 15 is 0 Å². The fraction of sp³-hybridized carbons (Fsp3) is 0.273. The van der Waals surface area contributed by atoms with E-state index in [1.165, 1.54) is 35.8 Å². The molecule has 7 heteroatoms. The summed E-state index contributed by atoms with van der Waals surface area (Å²) in [6.07, 6.45) is 1.57. The molecule has 1 heterocycles. The van der Waals surface area contributed by atoms with Crippen LogP contribution < -0.4 is 15.0 Å². The number of carbonyl (C=O) groups is 1. The maximum atomic E-state index is 13.2. The minimum Gasteiger partial charge on any atom is -0.493 e. The second-order valence-corrected chi connectivity index (χ2v) is 6.67. The Balaban J connectivity index is 2.11. The minimum atomic E-state index is -0.329. The molecule has 152 valence electrons. The third kappa shape index (κ3) is 3.94. The lowest BCUT2D eigenvalue weighted by molar-refractivity contribution is 0.0786. The molecule has 29 heavy (non-hydrogen) atoms. The lowest BCUT2D eigenvalue weighted by atomic mass is 10.0. The van der Waals surface area contributed by atoms with E-state index in [4.69, 9.17) is 9.47 Å². The number of rotatable bonds is 6. The second kappa shape index (κ2) is 8.34. The third-order valence-corrected chi connectivity index (χ3v) is 4.84. The number of carbonyl (C=O) groups excluding carboxylic acids is 1. The fourth-order valence-electron chi connectivity index (χ4n) is 3.26. The molecule has 0 aliphatic rings. The van der Waals surface area contributed by atoms with Gasteiger partial charge in [0.2, 0.25) is 0 Å². The first-order valence-corrected chi connectivity index (χ1v) is 9.18. The van der Waals surface area contributed by atoms with Crippen LogP contribution in [0.25, 0.3) is 10.8 Å². The molecule has 0 fully saturated rings. The Morgan fingerprint density at radius 1 is 1.07 bits per heavy atom. The Morgan fingerprint density at radius 2 is 1.66 bits per heavy atom. The van der Waals surface area contributed by atoms with Gasteiger partial charge in [-0.25, -0.2) is 4.39 Å². The number of benzene rings is 2. The summed E-state index contributed by atoms with van der Waals surface area (Å²) >= 11 is 0. The zero-order chi connectivity index (χ0) is 21.1. The first kappa shape index (κ1) is 20.4. The Labute approximate surface area is 168 Å². The number of hydrogen-bond donors (Lipinski definition) is 0. The highest BCUT2D eigenvalue weighted by Crippen LogP contribution is 2.32. The lowest BCUT2D eigenvalue weighted by Crippen LogP contribution is -2.29. The molecule has 6 nitrogen and oxygen atoms in total.